The van der Waals surface area contributed by atoms with Gasteiger partial charge in [0.1, 0.15) is 0 Å². The molecule has 100 valence electrons. The van der Waals surface area contributed by atoms with Crippen LogP contribution >= 0.6 is 0 Å². The number of benzene rings is 1. The highest BCUT2D eigenvalue weighted by molar-refractivity contribution is 5.14. The van der Waals surface area contributed by atoms with Crippen molar-refractivity contribution in [1.29, 1.82) is 0 Å². The summed E-state index contributed by atoms with van der Waals surface area (Å²) in [5.74, 6) is 0. The van der Waals surface area contributed by atoms with Gasteiger partial charge in [-0.25, -0.2) is 0 Å². The zero-order valence-corrected chi connectivity index (χ0v) is 11.7. The molecule has 18 heavy (non-hydrogen) atoms. The second-order valence-corrected chi connectivity index (χ2v) is 4.79. The van der Waals surface area contributed by atoms with E-state index in [9.17, 15) is 0 Å². The SMILES string of the molecule is CCCCCCC/C=C/CNCc1ccccc1. The molecule has 0 saturated carbocycles. The lowest BCUT2D eigenvalue weighted by molar-refractivity contribution is 0.636. The van der Waals surface area contributed by atoms with Crippen molar-refractivity contribution < 1.29 is 0 Å². The van der Waals surface area contributed by atoms with Crippen molar-refractivity contribution >= 4 is 0 Å². The first-order valence-electron chi connectivity index (χ1n) is 7.33. The molecule has 0 bridgehead atoms. The van der Waals surface area contributed by atoms with Gasteiger partial charge in [0.05, 0.1) is 0 Å². The van der Waals surface area contributed by atoms with Crippen molar-refractivity contribution in [3.05, 3.63) is 48.0 Å². The van der Waals surface area contributed by atoms with Crippen molar-refractivity contribution in [1.82, 2.24) is 5.32 Å². The summed E-state index contributed by atoms with van der Waals surface area (Å²) in [7, 11) is 0. The van der Waals surface area contributed by atoms with E-state index in [1.807, 2.05) is 0 Å². The minimum absolute atomic E-state index is 0.960. The van der Waals surface area contributed by atoms with Gasteiger partial charge in [-0.15, -0.1) is 0 Å². The van der Waals surface area contributed by atoms with Gasteiger partial charge < -0.3 is 5.32 Å². The van der Waals surface area contributed by atoms with Crippen molar-refractivity contribution in [2.24, 2.45) is 0 Å². The topological polar surface area (TPSA) is 12.0 Å². The van der Waals surface area contributed by atoms with Crippen LogP contribution in [0.3, 0.4) is 0 Å². The number of rotatable bonds is 10. The van der Waals surface area contributed by atoms with Gasteiger partial charge in [0.15, 0.2) is 0 Å². The van der Waals surface area contributed by atoms with E-state index in [4.69, 9.17) is 0 Å². The molecule has 0 radical (unpaired) electrons. The molecule has 1 rings (SSSR count). The Kier molecular flexibility index (Phi) is 9.18. The van der Waals surface area contributed by atoms with Crippen molar-refractivity contribution in [2.75, 3.05) is 6.54 Å². The van der Waals surface area contributed by atoms with Gasteiger partial charge in [-0.1, -0.05) is 75.1 Å². The lowest BCUT2D eigenvalue weighted by Gasteiger charge is -2.01. The Morgan fingerprint density at radius 3 is 2.50 bits per heavy atom. The van der Waals surface area contributed by atoms with Crippen LogP contribution in [-0.2, 0) is 6.54 Å². The quantitative estimate of drug-likeness (QED) is 0.465. The summed E-state index contributed by atoms with van der Waals surface area (Å²) in [5.41, 5.74) is 1.35. The second kappa shape index (κ2) is 11.0. The molecule has 1 heteroatoms. The molecule has 0 saturated heterocycles. The van der Waals surface area contributed by atoms with E-state index in [0.29, 0.717) is 0 Å². The molecule has 0 aliphatic carbocycles. The number of unbranched alkanes of at least 4 members (excludes halogenated alkanes) is 5. The van der Waals surface area contributed by atoms with Crippen LogP contribution in [0.4, 0.5) is 0 Å². The van der Waals surface area contributed by atoms with Gasteiger partial charge in [0.25, 0.3) is 0 Å². The summed E-state index contributed by atoms with van der Waals surface area (Å²) in [4.78, 5) is 0. The summed E-state index contributed by atoms with van der Waals surface area (Å²) in [6.45, 7) is 4.20. The van der Waals surface area contributed by atoms with Gasteiger partial charge in [0.2, 0.25) is 0 Å². The average molecular weight is 245 g/mol. The zero-order valence-electron chi connectivity index (χ0n) is 11.7. The fourth-order valence-corrected chi connectivity index (χ4v) is 1.96. The maximum atomic E-state index is 3.43. The predicted octanol–water partition coefficient (Wildman–Crippen LogP) is 4.69. The summed E-state index contributed by atoms with van der Waals surface area (Å²) in [6.07, 6.45) is 12.6. The number of hydrogen-bond donors (Lipinski definition) is 1. The van der Waals surface area contributed by atoms with Gasteiger partial charge >= 0.3 is 0 Å². The second-order valence-electron chi connectivity index (χ2n) is 4.79. The Balaban J connectivity index is 1.91. The molecule has 0 unspecified atom stereocenters. The smallest absolute Gasteiger partial charge is 0.0208 e. The number of allylic oxidation sites excluding steroid dienone is 1. The fourth-order valence-electron chi connectivity index (χ4n) is 1.96. The van der Waals surface area contributed by atoms with E-state index in [0.717, 1.165) is 13.1 Å². The minimum atomic E-state index is 0.960. The van der Waals surface area contributed by atoms with E-state index in [1.165, 1.54) is 44.1 Å². The summed E-state index contributed by atoms with van der Waals surface area (Å²) >= 11 is 0. The van der Waals surface area contributed by atoms with E-state index < -0.39 is 0 Å². The van der Waals surface area contributed by atoms with Crippen LogP contribution in [0.15, 0.2) is 42.5 Å². The minimum Gasteiger partial charge on any atom is -0.309 e. The van der Waals surface area contributed by atoms with Crippen molar-refractivity contribution in [3.8, 4) is 0 Å². The van der Waals surface area contributed by atoms with Crippen LogP contribution in [0.5, 0.6) is 0 Å². The van der Waals surface area contributed by atoms with E-state index >= 15 is 0 Å². The third-order valence-corrected chi connectivity index (χ3v) is 3.08. The van der Waals surface area contributed by atoms with Crippen LogP contribution in [0, 0.1) is 0 Å². The molecular weight excluding hydrogens is 218 g/mol. The molecule has 0 heterocycles. The Labute approximate surface area is 112 Å². The van der Waals surface area contributed by atoms with Crippen LogP contribution in [0.2, 0.25) is 0 Å². The summed E-state index contributed by atoms with van der Waals surface area (Å²) in [6, 6.07) is 10.5. The van der Waals surface area contributed by atoms with Crippen LogP contribution in [0.25, 0.3) is 0 Å². The molecule has 0 atom stereocenters. The first-order valence-corrected chi connectivity index (χ1v) is 7.33. The van der Waals surface area contributed by atoms with Crippen molar-refractivity contribution in [3.63, 3.8) is 0 Å². The van der Waals surface area contributed by atoms with Gasteiger partial charge in [0, 0.05) is 13.1 Å². The summed E-state index contributed by atoms with van der Waals surface area (Å²) in [5, 5.41) is 3.43. The molecule has 1 nitrogen and oxygen atoms in total. The molecule has 1 N–H and O–H groups in total. The monoisotopic (exact) mass is 245 g/mol. The first kappa shape index (κ1) is 15.0. The zero-order chi connectivity index (χ0) is 12.9. The molecule has 0 spiro atoms. The molecular formula is C17H27N. The maximum absolute atomic E-state index is 3.43. The molecule has 1 aromatic carbocycles. The molecule has 0 amide bonds. The lowest BCUT2D eigenvalue weighted by atomic mass is 10.1. The normalized spacial score (nSPS) is 11.2. The van der Waals surface area contributed by atoms with Crippen molar-refractivity contribution in [2.45, 2.75) is 52.0 Å². The van der Waals surface area contributed by atoms with E-state index in [-0.39, 0.29) is 0 Å². The molecule has 1 aromatic rings. The predicted molar refractivity (Wildman–Crippen MR) is 80.7 cm³/mol. The van der Waals surface area contributed by atoms with Crippen LogP contribution < -0.4 is 5.32 Å². The van der Waals surface area contributed by atoms with E-state index in [1.54, 1.807) is 0 Å². The van der Waals surface area contributed by atoms with Crippen LogP contribution in [0.1, 0.15) is 51.0 Å². The number of hydrogen-bond acceptors (Lipinski definition) is 1. The van der Waals surface area contributed by atoms with Gasteiger partial charge in [-0.3, -0.25) is 0 Å². The van der Waals surface area contributed by atoms with E-state index in [2.05, 4.69) is 54.7 Å². The molecule has 0 aliphatic rings. The number of nitrogens with one attached hydrogen (secondary N) is 1. The molecule has 0 aromatic heterocycles. The largest absolute Gasteiger partial charge is 0.309 e. The highest BCUT2D eigenvalue weighted by atomic mass is 14.8. The lowest BCUT2D eigenvalue weighted by Crippen LogP contribution is -2.12. The fraction of sp³-hybridized carbons (Fsp3) is 0.529. The first-order chi connectivity index (χ1) is 8.93. The Morgan fingerprint density at radius 2 is 1.72 bits per heavy atom. The van der Waals surface area contributed by atoms with Gasteiger partial charge in [-0.05, 0) is 18.4 Å². The highest BCUT2D eigenvalue weighted by Gasteiger charge is 1.88. The Bertz CT molecular complexity index is 303. The standard InChI is InChI=1S/C17H27N/c1-2-3-4-5-6-7-8-12-15-18-16-17-13-10-9-11-14-17/h8-14,18H,2-7,15-16H2,1H3/b12-8+. The molecule has 0 fully saturated rings. The summed E-state index contributed by atoms with van der Waals surface area (Å²) < 4.78 is 0. The van der Waals surface area contributed by atoms with Crippen LogP contribution in [-0.4, -0.2) is 6.54 Å². The highest BCUT2D eigenvalue weighted by Crippen LogP contribution is 2.05. The molecule has 0 aliphatic heterocycles. The Hall–Kier alpha value is -1.08. The third-order valence-electron chi connectivity index (χ3n) is 3.08. The maximum Gasteiger partial charge on any atom is 0.0208 e. The third kappa shape index (κ3) is 8.08. The van der Waals surface area contributed by atoms with Gasteiger partial charge in [-0.2, -0.15) is 0 Å². The average Bonchev–Trinajstić information content (AvgIpc) is 2.42. The Morgan fingerprint density at radius 1 is 0.944 bits per heavy atom.